The van der Waals surface area contributed by atoms with E-state index in [1.807, 2.05) is 18.2 Å². The number of hydrazine groups is 1. The Kier molecular flexibility index (Phi) is 2.59. The normalized spacial score (nSPS) is 22.7. The van der Waals surface area contributed by atoms with Gasteiger partial charge in [0.15, 0.2) is 0 Å². The zero-order chi connectivity index (χ0) is 9.10. The zero-order valence-corrected chi connectivity index (χ0v) is 7.44. The van der Waals surface area contributed by atoms with E-state index in [9.17, 15) is 0 Å². The SMILES string of the molecule is NNC(Cc1ccccc1)C1CO1. The lowest BCUT2D eigenvalue weighted by Crippen LogP contribution is -2.40. The maximum Gasteiger partial charge on any atom is 0.0979 e. The van der Waals surface area contributed by atoms with Crippen LogP contribution in [0.1, 0.15) is 5.56 Å². The molecule has 1 aromatic rings. The van der Waals surface area contributed by atoms with Crippen LogP contribution in [0.5, 0.6) is 0 Å². The molecule has 0 amide bonds. The second-order valence-electron chi connectivity index (χ2n) is 3.33. The van der Waals surface area contributed by atoms with Gasteiger partial charge in [0.25, 0.3) is 0 Å². The van der Waals surface area contributed by atoms with Gasteiger partial charge in [0, 0.05) is 0 Å². The summed E-state index contributed by atoms with van der Waals surface area (Å²) in [6.45, 7) is 0.835. The molecule has 3 nitrogen and oxygen atoms in total. The summed E-state index contributed by atoms with van der Waals surface area (Å²) in [5.74, 6) is 5.43. The van der Waals surface area contributed by atoms with E-state index >= 15 is 0 Å². The van der Waals surface area contributed by atoms with Crippen molar-refractivity contribution in [2.75, 3.05) is 6.61 Å². The highest BCUT2D eigenvalue weighted by molar-refractivity contribution is 5.16. The molecule has 3 heteroatoms. The number of hydrogen-bond acceptors (Lipinski definition) is 3. The summed E-state index contributed by atoms with van der Waals surface area (Å²) in [6.07, 6.45) is 1.24. The molecule has 0 spiro atoms. The van der Waals surface area contributed by atoms with E-state index in [4.69, 9.17) is 10.6 Å². The molecule has 1 fully saturated rings. The molecule has 1 aromatic carbocycles. The van der Waals surface area contributed by atoms with Crippen molar-refractivity contribution in [1.29, 1.82) is 0 Å². The van der Waals surface area contributed by atoms with Gasteiger partial charge in [-0.1, -0.05) is 30.3 Å². The molecule has 13 heavy (non-hydrogen) atoms. The van der Waals surface area contributed by atoms with Gasteiger partial charge >= 0.3 is 0 Å². The maximum atomic E-state index is 5.43. The minimum absolute atomic E-state index is 0.252. The van der Waals surface area contributed by atoms with Crippen molar-refractivity contribution in [2.24, 2.45) is 5.84 Å². The summed E-state index contributed by atoms with van der Waals surface area (Å²) >= 11 is 0. The van der Waals surface area contributed by atoms with Gasteiger partial charge in [0.05, 0.1) is 18.8 Å². The van der Waals surface area contributed by atoms with Gasteiger partial charge in [-0.2, -0.15) is 0 Å². The first kappa shape index (κ1) is 8.69. The molecule has 70 valence electrons. The van der Waals surface area contributed by atoms with Crippen LogP contribution in [0.4, 0.5) is 0 Å². The van der Waals surface area contributed by atoms with Gasteiger partial charge in [-0.05, 0) is 12.0 Å². The molecule has 2 unspecified atom stereocenters. The average Bonchev–Trinajstić information content (AvgIpc) is 2.99. The average molecular weight is 178 g/mol. The lowest BCUT2D eigenvalue weighted by Gasteiger charge is -2.12. The molecule has 0 radical (unpaired) electrons. The fourth-order valence-corrected chi connectivity index (χ4v) is 1.45. The van der Waals surface area contributed by atoms with Gasteiger partial charge in [0.2, 0.25) is 0 Å². The Balaban J connectivity index is 1.95. The predicted molar refractivity (Wildman–Crippen MR) is 51.0 cm³/mol. The first-order valence-electron chi connectivity index (χ1n) is 4.52. The van der Waals surface area contributed by atoms with Crippen molar-refractivity contribution in [3.63, 3.8) is 0 Å². The fourth-order valence-electron chi connectivity index (χ4n) is 1.45. The lowest BCUT2D eigenvalue weighted by molar-refractivity contribution is 0.341. The molecule has 2 atom stereocenters. The third-order valence-corrected chi connectivity index (χ3v) is 2.32. The van der Waals surface area contributed by atoms with E-state index in [2.05, 4.69) is 17.6 Å². The van der Waals surface area contributed by atoms with E-state index in [0.29, 0.717) is 6.10 Å². The van der Waals surface area contributed by atoms with Gasteiger partial charge in [-0.25, -0.2) is 0 Å². The van der Waals surface area contributed by atoms with Crippen molar-refractivity contribution in [1.82, 2.24) is 5.43 Å². The minimum atomic E-state index is 0.252. The Morgan fingerprint density at radius 3 is 2.69 bits per heavy atom. The van der Waals surface area contributed by atoms with Crippen LogP contribution in [-0.4, -0.2) is 18.8 Å². The van der Waals surface area contributed by atoms with E-state index in [1.54, 1.807) is 0 Å². The minimum Gasteiger partial charge on any atom is -0.371 e. The Morgan fingerprint density at radius 2 is 2.15 bits per heavy atom. The van der Waals surface area contributed by atoms with E-state index in [-0.39, 0.29) is 6.04 Å². The summed E-state index contributed by atoms with van der Waals surface area (Å²) in [4.78, 5) is 0. The first-order valence-corrected chi connectivity index (χ1v) is 4.52. The van der Waals surface area contributed by atoms with Gasteiger partial charge in [-0.15, -0.1) is 0 Å². The molecule has 0 saturated carbocycles. The van der Waals surface area contributed by atoms with Crippen LogP contribution in [0.3, 0.4) is 0 Å². The standard InChI is InChI=1S/C10H14N2O/c11-12-9(10-7-13-10)6-8-4-2-1-3-5-8/h1-5,9-10,12H,6-7,11H2. The van der Waals surface area contributed by atoms with Crippen molar-refractivity contribution in [2.45, 2.75) is 18.6 Å². The molecule has 0 aromatic heterocycles. The van der Waals surface area contributed by atoms with Crippen molar-refractivity contribution in [3.05, 3.63) is 35.9 Å². The van der Waals surface area contributed by atoms with E-state index < -0.39 is 0 Å². The largest absolute Gasteiger partial charge is 0.371 e. The summed E-state index contributed by atoms with van der Waals surface area (Å²) in [5, 5.41) is 0. The Bertz CT molecular complexity index is 259. The van der Waals surface area contributed by atoms with Crippen molar-refractivity contribution < 1.29 is 4.74 Å². The second-order valence-corrected chi connectivity index (χ2v) is 3.33. The highest BCUT2D eigenvalue weighted by Crippen LogP contribution is 2.17. The molecular formula is C10H14N2O. The van der Waals surface area contributed by atoms with Crippen LogP contribution in [0.25, 0.3) is 0 Å². The van der Waals surface area contributed by atoms with Crippen LogP contribution in [-0.2, 0) is 11.2 Å². The summed E-state index contributed by atoms with van der Waals surface area (Å²) in [6, 6.07) is 10.6. The molecule has 1 aliphatic heterocycles. The Hall–Kier alpha value is -0.900. The third-order valence-electron chi connectivity index (χ3n) is 2.32. The molecule has 3 N–H and O–H groups in total. The van der Waals surface area contributed by atoms with Crippen LogP contribution in [0.15, 0.2) is 30.3 Å². The van der Waals surface area contributed by atoms with Crippen molar-refractivity contribution >= 4 is 0 Å². The topological polar surface area (TPSA) is 50.6 Å². The lowest BCUT2D eigenvalue weighted by atomic mass is 10.0. The molecule has 2 rings (SSSR count). The number of hydrogen-bond donors (Lipinski definition) is 2. The Labute approximate surface area is 77.9 Å². The third kappa shape index (κ3) is 2.28. The first-order chi connectivity index (χ1) is 6.40. The molecule has 1 heterocycles. The highest BCUT2D eigenvalue weighted by atomic mass is 16.6. The molecule has 1 saturated heterocycles. The number of rotatable bonds is 4. The second kappa shape index (κ2) is 3.87. The van der Waals surface area contributed by atoms with E-state index in [1.165, 1.54) is 5.56 Å². The Morgan fingerprint density at radius 1 is 1.46 bits per heavy atom. The summed E-state index contributed by atoms with van der Waals surface area (Å²) < 4.78 is 5.19. The van der Waals surface area contributed by atoms with Crippen LogP contribution >= 0.6 is 0 Å². The number of nitrogens with one attached hydrogen (secondary N) is 1. The zero-order valence-electron chi connectivity index (χ0n) is 7.44. The van der Waals surface area contributed by atoms with Gasteiger partial charge in [0.1, 0.15) is 0 Å². The smallest absolute Gasteiger partial charge is 0.0979 e. The summed E-state index contributed by atoms with van der Waals surface area (Å²) in [7, 11) is 0. The van der Waals surface area contributed by atoms with Gasteiger partial charge in [-0.3, -0.25) is 11.3 Å². The fraction of sp³-hybridized carbons (Fsp3) is 0.400. The molecule has 0 bridgehead atoms. The van der Waals surface area contributed by atoms with Crippen LogP contribution in [0.2, 0.25) is 0 Å². The number of epoxide rings is 1. The number of nitrogens with two attached hydrogens (primary N) is 1. The summed E-state index contributed by atoms with van der Waals surface area (Å²) in [5.41, 5.74) is 4.08. The molecule has 0 aliphatic carbocycles. The quantitative estimate of drug-likeness (QED) is 0.400. The maximum absolute atomic E-state index is 5.43. The molecular weight excluding hydrogens is 164 g/mol. The molecule has 1 aliphatic rings. The predicted octanol–water partition coefficient (Wildman–Crippen LogP) is 0.460. The highest BCUT2D eigenvalue weighted by Gasteiger charge is 2.31. The van der Waals surface area contributed by atoms with Crippen LogP contribution in [0, 0.1) is 0 Å². The monoisotopic (exact) mass is 178 g/mol. The van der Waals surface area contributed by atoms with E-state index in [0.717, 1.165) is 13.0 Å². The van der Waals surface area contributed by atoms with Crippen molar-refractivity contribution in [3.8, 4) is 0 Å². The number of benzene rings is 1. The van der Waals surface area contributed by atoms with Crippen LogP contribution < -0.4 is 11.3 Å². The number of ether oxygens (including phenoxy) is 1. The van der Waals surface area contributed by atoms with Gasteiger partial charge < -0.3 is 4.74 Å².